The highest BCUT2D eigenvalue weighted by atomic mass is 32.2. The van der Waals surface area contributed by atoms with Crippen molar-refractivity contribution in [2.45, 2.75) is 76.3 Å². The zero-order valence-corrected chi connectivity index (χ0v) is 29.7. The molecule has 5 atom stereocenters. The van der Waals surface area contributed by atoms with Crippen LogP contribution in [0.2, 0.25) is 0 Å². The van der Waals surface area contributed by atoms with Crippen LogP contribution in [0.5, 0.6) is 0 Å². The van der Waals surface area contributed by atoms with Crippen LogP contribution in [-0.2, 0) is 34.1 Å². The van der Waals surface area contributed by atoms with Gasteiger partial charge in [0.1, 0.15) is 18.1 Å². The van der Waals surface area contributed by atoms with Crippen LogP contribution in [0.4, 0.5) is 8.78 Å². The molecule has 0 saturated carbocycles. The lowest BCUT2D eigenvalue weighted by Crippen LogP contribution is -2.61. The minimum Gasteiger partial charge on any atom is -0.467 e. The number of nitrogens with zero attached hydrogens (tertiary/aromatic N) is 2. The van der Waals surface area contributed by atoms with E-state index in [-0.39, 0.29) is 35.6 Å². The summed E-state index contributed by atoms with van der Waals surface area (Å²) in [6.07, 6.45) is 1.73. The molecular weight excluding hydrogens is 689 g/mol. The van der Waals surface area contributed by atoms with Crippen LogP contribution in [-0.4, -0.2) is 107 Å². The van der Waals surface area contributed by atoms with Gasteiger partial charge in [0.15, 0.2) is 5.12 Å². The molecule has 4 rings (SSSR count). The van der Waals surface area contributed by atoms with Gasteiger partial charge in [0.25, 0.3) is 5.91 Å². The molecule has 2 aliphatic rings. The van der Waals surface area contributed by atoms with Crippen LogP contribution < -0.4 is 10.6 Å². The number of methoxy groups -OCH3 is 1. The molecule has 12 nitrogen and oxygen atoms in total. The Morgan fingerprint density at radius 2 is 1.94 bits per heavy atom. The largest absolute Gasteiger partial charge is 0.467 e. The Balaban J connectivity index is 1.54. The molecule has 0 aliphatic carbocycles. The third-order valence-corrected chi connectivity index (χ3v) is 11.6. The number of amides is 3. The Morgan fingerprint density at radius 3 is 2.60 bits per heavy atom. The van der Waals surface area contributed by atoms with Gasteiger partial charge in [0.05, 0.1) is 18.6 Å². The SMILES string of the molecule is CCOP(O)C(F)(F)c1ccc2sc(C(=O)N[C@H]3CN(CC)CC[C@H]4CC[C@@H](C(=O)N[C@@H](CCSC(C)=O)C(=O)OC)N4C3=O)cc2c1. The number of thiophene rings is 1. The summed E-state index contributed by atoms with van der Waals surface area (Å²) < 4.78 is 39.8. The summed E-state index contributed by atoms with van der Waals surface area (Å²) in [4.78, 5) is 78.7. The van der Waals surface area contributed by atoms with Crippen molar-refractivity contribution in [3.05, 3.63) is 34.7 Å². The summed E-state index contributed by atoms with van der Waals surface area (Å²) in [7, 11) is -1.83. The smallest absolute Gasteiger partial charge is 0.339 e. The number of nitrogens with one attached hydrogen (secondary N) is 2. The molecule has 2 fully saturated rings. The Bertz CT molecular complexity index is 1510. The molecule has 0 bridgehead atoms. The van der Waals surface area contributed by atoms with E-state index in [2.05, 4.69) is 15.5 Å². The highest BCUT2D eigenvalue weighted by molar-refractivity contribution is 8.13. The van der Waals surface area contributed by atoms with Crippen molar-refractivity contribution in [1.29, 1.82) is 0 Å². The average molecular weight is 731 g/mol. The maximum absolute atomic E-state index is 14.8. The van der Waals surface area contributed by atoms with E-state index >= 15 is 0 Å². The van der Waals surface area contributed by atoms with E-state index in [9.17, 15) is 37.6 Å². The van der Waals surface area contributed by atoms with Crippen molar-refractivity contribution in [2.75, 3.05) is 39.1 Å². The van der Waals surface area contributed by atoms with Crippen LogP contribution in [0.25, 0.3) is 10.1 Å². The average Bonchev–Trinajstić information content (AvgIpc) is 3.68. The lowest BCUT2D eigenvalue weighted by molar-refractivity contribution is -0.147. The number of carbonyl (C=O) groups excluding carboxylic acids is 5. The number of carbonyl (C=O) groups is 5. The van der Waals surface area contributed by atoms with E-state index < -0.39 is 61.4 Å². The summed E-state index contributed by atoms with van der Waals surface area (Å²) in [6.45, 7) is 6.26. The highest BCUT2D eigenvalue weighted by Crippen LogP contribution is 2.56. The van der Waals surface area contributed by atoms with E-state index in [1.807, 2.05) is 6.92 Å². The van der Waals surface area contributed by atoms with E-state index in [0.717, 1.165) is 23.1 Å². The van der Waals surface area contributed by atoms with E-state index in [4.69, 9.17) is 9.26 Å². The number of hydrogen-bond acceptors (Lipinski definition) is 11. The van der Waals surface area contributed by atoms with Gasteiger partial charge in [-0.15, -0.1) is 11.3 Å². The maximum Gasteiger partial charge on any atom is 0.339 e. The molecule has 2 aromatic rings. The van der Waals surface area contributed by atoms with Crippen molar-refractivity contribution >= 4 is 70.4 Å². The van der Waals surface area contributed by atoms with E-state index in [0.29, 0.717) is 48.2 Å². The van der Waals surface area contributed by atoms with E-state index in [1.165, 1.54) is 50.1 Å². The first-order valence-electron chi connectivity index (χ1n) is 15.7. The van der Waals surface area contributed by atoms with E-state index in [1.54, 1.807) is 0 Å². The van der Waals surface area contributed by atoms with Crippen LogP contribution in [0.15, 0.2) is 24.3 Å². The van der Waals surface area contributed by atoms with Crippen molar-refractivity contribution in [1.82, 2.24) is 20.4 Å². The molecule has 1 aromatic carbocycles. The third-order valence-electron chi connectivity index (χ3n) is 8.42. The van der Waals surface area contributed by atoms with Gasteiger partial charge in [-0.1, -0.05) is 24.8 Å². The molecule has 17 heteroatoms. The summed E-state index contributed by atoms with van der Waals surface area (Å²) in [5.41, 5.74) is -4.05. The number of esters is 1. The molecule has 3 amide bonds. The van der Waals surface area contributed by atoms with Gasteiger partial charge >= 0.3 is 11.6 Å². The first-order valence-corrected chi connectivity index (χ1v) is 18.7. The molecule has 0 spiro atoms. The molecule has 1 unspecified atom stereocenters. The van der Waals surface area contributed by atoms with Gasteiger partial charge < -0.3 is 34.6 Å². The van der Waals surface area contributed by atoms with Crippen LogP contribution >= 0.6 is 31.5 Å². The fourth-order valence-electron chi connectivity index (χ4n) is 5.96. The zero-order valence-electron chi connectivity index (χ0n) is 27.2. The molecule has 3 heterocycles. The van der Waals surface area contributed by atoms with Crippen LogP contribution in [0, 0.1) is 0 Å². The number of fused-ring (bicyclic) bond motifs is 2. The normalized spacial score (nSPS) is 21.6. The Kier molecular flexibility index (Phi) is 13.3. The summed E-state index contributed by atoms with van der Waals surface area (Å²) in [6, 6.07) is 2.18. The van der Waals surface area contributed by atoms with Crippen LogP contribution in [0.1, 0.15) is 61.7 Å². The Labute approximate surface area is 287 Å². The van der Waals surface area contributed by atoms with Crippen molar-refractivity contribution < 1.29 is 46.9 Å². The van der Waals surface area contributed by atoms with Gasteiger partial charge in [-0.3, -0.25) is 19.2 Å². The number of halogens is 2. The molecule has 264 valence electrons. The number of alkyl halides is 2. The monoisotopic (exact) mass is 730 g/mol. The Morgan fingerprint density at radius 1 is 1.19 bits per heavy atom. The van der Waals surface area contributed by atoms with Crippen molar-refractivity contribution in [2.24, 2.45) is 0 Å². The second-order valence-electron chi connectivity index (χ2n) is 11.5. The predicted octanol–water partition coefficient (Wildman–Crippen LogP) is 3.80. The van der Waals surface area contributed by atoms with Crippen LogP contribution in [0.3, 0.4) is 0 Å². The predicted molar refractivity (Wildman–Crippen MR) is 180 cm³/mol. The van der Waals surface area contributed by atoms with Gasteiger partial charge in [-0.05, 0) is 62.7 Å². The molecular formula is C31H41F2N4O8PS2. The summed E-state index contributed by atoms with van der Waals surface area (Å²) in [5, 5.41) is 5.80. The standard InChI is InChI=1S/C31H41F2N4O8PS2/c1-5-36-13-11-21-8-9-24(27(39)34-22(30(42)44-4)12-14-47-18(3)38)37(21)29(41)23(17-36)35-28(40)26-16-19-15-20(7-10-25(19)48-26)31(32,33)46(43)45-6-2/h7,10,15-16,21-24,43H,5-6,8-9,11-14,17H2,1-4H3,(H,34,39)(H,35,40)/t21-,22+,23+,24+,46?/m1/s1. The zero-order chi connectivity index (χ0) is 35.2. The lowest BCUT2D eigenvalue weighted by atomic mass is 10.1. The number of likely N-dealkylation sites (N-methyl/N-ethyl adjacent to an activating group) is 1. The number of rotatable bonds is 13. The second kappa shape index (κ2) is 16.8. The lowest BCUT2D eigenvalue weighted by Gasteiger charge is -2.38. The maximum atomic E-state index is 14.8. The van der Waals surface area contributed by atoms with Gasteiger partial charge in [-0.25, -0.2) is 4.79 Å². The number of thioether (sulfide) groups is 1. The second-order valence-corrected chi connectivity index (χ2v) is 15.2. The van der Waals surface area contributed by atoms with Gasteiger partial charge in [0.2, 0.25) is 20.2 Å². The van der Waals surface area contributed by atoms with Gasteiger partial charge in [0, 0.05) is 42.1 Å². The fourth-order valence-corrected chi connectivity index (χ4v) is 8.31. The van der Waals surface area contributed by atoms with Crippen molar-refractivity contribution in [3.8, 4) is 0 Å². The molecule has 1 aromatic heterocycles. The van der Waals surface area contributed by atoms with Crippen molar-refractivity contribution in [3.63, 3.8) is 0 Å². The molecule has 0 radical (unpaired) electrons. The fraction of sp³-hybridized carbons (Fsp3) is 0.581. The quantitative estimate of drug-likeness (QED) is 0.205. The molecule has 3 N–H and O–H groups in total. The first kappa shape index (κ1) is 38.1. The number of ether oxygens (including phenoxy) is 1. The minimum absolute atomic E-state index is 0.0722. The first-order chi connectivity index (χ1) is 22.8. The third kappa shape index (κ3) is 8.88. The Hall–Kier alpha value is -2.75. The molecule has 2 aliphatic heterocycles. The highest BCUT2D eigenvalue weighted by Gasteiger charge is 2.46. The topological polar surface area (TPSA) is 155 Å². The number of benzene rings is 1. The summed E-state index contributed by atoms with van der Waals surface area (Å²) >= 11 is 2.11. The molecule has 2 saturated heterocycles. The minimum atomic E-state index is -3.61. The number of hydrogen-bond donors (Lipinski definition) is 3. The summed E-state index contributed by atoms with van der Waals surface area (Å²) in [5.74, 6) is -1.87. The molecule has 48 heavy (non-hydrogen) atoms. The van der Waals surface area contributed by atoms with Gasteiger partial charge in [-0.2, -0.15) is 8.78 Å².